The first-order valence-corrected chi connectivity index (χ1v) is 8.77. The van der Waals surface area contributed by atoms with Gasteiger partial charge in [-0.15, -0.1) is 0 Å². The molecule has 1 unspecified atom stereocenters. The molecule has 5 nitrogen and oxygen atoms in total. The molecule has 1 aliphatic heterocycles. The van der Waals surface area contributed by atoms with Crippen molar-refractivity contribution >= 4 is 0 Å². The maximum atomic E-state index is 5.91. The molecular weight excluding hydrogens is 300 g/mol. The topological polar surface area (TPSA) is 33.5 Å². The van der Waals surface area contributed by atoms with Crippen LogP contribution >= 0.6 is 0 Å². The van der Waals surface area contributed by atoms with Gasteiger partial charge in [-0.05, 0) is 44.6 Å². The molecule has 0 radical (unpaired) electrons. The number of imidazole rings is 1. The second kappa shape index (κ2) is 8.31. The minimum absolute atomic E-state index is 0.688. The summed E-state index contributed by atoms with van der Waals surface area (Å²) < 4.78 is 7.99. The van der Waals surface area contributed by atoms with Gasteiger partial charge in [0.05, 0.1) is 12.9 Å². The van der Waals surface area contributed by atoms with E-state index in [0.29, 0.717) is 6.04 Å². The van der Waals surface area contributed by atoms with Crippen molar-refractivity contribution in [3.63, 3.8) is 0 Å². The van der Waals surface area contributed by atoms with Gasteiger partial charge in [-0.2, -0.15) is 0 Å². The predicted molar refractivity (Wildman–Crippen MR) is 96.2 cm³/mol. The summed E-state index contributed by atoms with van der Waals surface area (Å²) in [6, 6.07) is 9.21. The van der Waals surface area contributed by atoms with Crippen molar-refractivity contribution in [2.75, 3.05) is 33.8 Å². The summed E-state index contributed by atoms with van der Waals surface area (Å²) in [5.74, 6) is 0.974. The number of rotatable bonds is 8. The molecule has 130 valence electrons. The molecule has 1 aliphatic rings. The van der Waals surface area contributed by atoms with E-state index in [1.807, 2.05) is 24.8 Å². The van der Waals surface area contributed by atoms with Crippen LogP contribution in [-0.4, -0.2) is 59.2 Å². The summed E-state index contributed by atoms with van der Waals surface area (Å²) in [6.45, 7) is 5.02. The molecular formula is C19H28N4O. The average molecular weight is 328 g/mol. The third-order valence-electron chi connectivity index (χ3n) is 4.67. The van der Waals surface area contributed by atoms with Crippen LogP contribution in [-0.2, 0) is 13.1 Å². The molecule has 0 N–H and O–H groups in total. The van der Waals surface area contributed by atoms with E-state index >= 15 is 0 Å². The minimum atomic E-state index is 0.688. The first kappa shape index (κ1) is 17.0. The van der Waals surface area contributed by atoms with Crippen molar-refractivity contribution in [1.82, 2.24) is 19.4 Å². The zero-order valence-corrected chi connectivity index (χ0v) is 14.8. The van der Waals surface area contributed by atoms with Gasteiger partial charge in [-0.3, -0.25) is 4.90 Å². The van der Waals surface area contributed by atoms with E-state index in [-0.39, 0.29) is 0 Å². The van der Waals surface area contributed by atoms with Crippen LogP contribution in [0.25, 0.3) is 0 Å². The quantitative estimate of drug-likeness (QED) is 0.697. The van der Waals surface area contributed by atoms with Crippen molar-refractivity contribution < 1.29 is 4.74 Å². The van der Waals surface area contributed by atoms with Crippen LogP contribution in [0.15, 0.2) is 43.0 Å². The number of ether oxygens (including phenoxy) is 1. The Kier molecular flexibility index (Phi) is 5.88. The number of hydrogen-bond donors (Lipinski definition) is 0. The molecule has 3 rings (SSSR count). The van der Waals surface area contributed by atoms with Gasteiger partial charge in [-0.1, -0.05) is 12.1 Å². The first-order valence-electron chi connectivity index (χ1n) is 8.77. The van der Waals surface area contributed by atoms with E-state index in [1.165, 1.54) is 18.5 Å². The number of likely N-dealkylation sites (N-methyl/N-ethyl adjacent to an activating group) is 1. The molecule has 1 aromatic carbocycles. The fraction of sp³-hybridized carbons (Fsp3) is 0.526. The normalized spacial score (nSPS) is 18.4. The lowest BCUT2D eigenvalue weighted by molar-refractivity contribution is 0.264. The SMILES string of the molecule is CN(C)C1CCN(Cc2cccc(OCCCn3ccnc3)c2)C1. The smallest absolute Gasteiger partial charge is 0.119 e. The molecule has 24 heavy (non-hydrogen) atoms. The molecule has 5 heteroatoms. The van der Waals surface area contributed by atoms with Crippen LogP contribution in [0.5, 0.6) is 5.75 Å². The monoisotopic (exact) mass is 328 g/mol. The van der Waals surface area contributed by atoms with Crippen molar-refractivity contribution in [1.29, 1.82) is 0 Å². The van der Waals surface area contributed by atoms with Gasteiger partial charge in [0, 0.05) is 44.6 Å². The average Bonchev–Trinajstić information content (AvgIpc) is 3.24. The first-order chi connectivity index (χ1) is 11.7. The third-order valence-corrected chi connectivity index (χ3v) is 4.67. The second-order valence-corrected chi connectivity index (χ2v) is 6.79. The summed E-state index contributed by atoms with van der Waals surface area (Å²) in [5.41, 5.74) is 1.33. The molecule has 1 atom stereocenters. The van der Waals surface area contributed by atoms with Gasteiger partial charge in [0.15, 0.2) is 0 Å². The fourth-order valence-corrected chi connectivity index (χ4v) is 3.23. The second-order valence-electron chi connectivity index (χ2n) is 6.79. The Morgan fingerprint density at radius 3 is 3.00 bits per heavy atom. The number of aromatic nitrogens is 2. The van der Waals surface area contributed by atoms with Crippen LogP contribution in [0.4, 0.5) is 0 Å². The van der Waals surface area contributed by atoms with Gasteiger partial charge in [0.1, 0.15) is 5.75 Å². The minimum Gasteiger partial charge on any atom is -0.494 e. The standard InChI is InChI=1S/C19H28N4O/c1-21(2)18-7-10-23(15-18)14-17-5-3-6-19(13-17)24-12-4-9-22-11-8-20-16-22/h3,5-6,8,11,13,16,18H,4,7,9-10,12,14-15H2,1-2H3. The number of aryl methyl sites for hydroxylation is 1. The molecule has 0 saturated carbocycles. The Morgan fingerprint density at radius 2 is 2.25 bits per heavy atom. The van der Waals surface area contributed by atoms with Gasteiger partial charge in [-0.25, -0.2) is 4.98 Å². The molecule has 0 amide bonds. The number of likely N-dealkylation sites (tertiary alicyclic amines) is 1. The van der Waals surface area contributed by atoms with Crippen LogP contribution in [0, 0.1) is 0 Å². The highest BCUT2D eigenvalue weighted by atomic mass is 16.5. The molecule has 0 bridgehead atoms. The summed E-state index contributed by atoms with van der Waals surface area (Å²) in [5, 5.41) is 0. The van der Waals surface area contributed by atoms with Crippen LogP contribution < -0.4 is 4.74 Å². The van der Waals surface area contributed by atoms with E-state index < -0.39 is 0 Å². The lowest BCUT2D eigenvalue weighted by Gasteiger charge is -2.20. The van der Waals surface area contributed by atoms with Gasteiger partial charge < -0.3 is 14.2 Å². The summed E-state index contributed by atoms with van der Waals surface area (Å²) in [6.07, 6.45) is 7.88. The Bertz CT molecular complexity index is 612. The van der Waals surface area contributed by atoms with E-state index in [1.54, 1.807) is 0 Å². The highest BCUT2D eigenvalue weighted by molar-refractivity contribution is 5.28. The van der Waals surface area contributed by atoms with Crippen molar-refractivity contribution in [2.45, 2.75) is 32.0 Å². The van der Waals surface area contributed by atoms with E-state index in [2.05, 4.69) is 51.6 Å². The van der Waals surface area contributed by atoms with Crippen molar-refractivity contribution in [3.8, 4) is 5.75 Å². The van der Waals surface area contributed by atoms with Gasteiger partial charge in [0.2, 0.25) is 0 Å². The summed E-state index contributed by atoms with van der Waals surface area (Å²) in [4.78, 5) is 8.91. The van der Waals surface area contributed by atoms with Crippen LogP contribution in [0.1, 0.15) is 18.4 Å². The van der Waals surface area contributed by atoms with Crippen molar-refractivity contribution in [3.05, 3.63) is 48.5 Å². The zero-order valence-electron chi connectivity index (χ0n) is 14.8. The highest BCUT2D eigenvalue weighted by Gasteiger charge is 2.23. The molecule has 1 aromatic heterocycles. The Balaban J connectivity index is 1.44. The number of hydrogen-bond acceptors (Lipinski definition) is 4. The van der Waals surface area contributed by atoms with E-state index in [4.69, 9.17) is 4.74 Å². The molecule has 0 aliphatic carbocycles. The van der Waals surface area contributed by atoms with Crippen molar-refractivity contribution in [2.24, 2.45) is 0 Å². The van der Waals surface area contributed by atoms with Gasteiger partial charge in [0.25, 0.3) is 0 Å². The maximum Gasteiger partial charge on any atom is 0.119 e. The van der Waals surface area contributed by atoms with Crippen LogP contribution in [0.3, 0.4) is 0 Å². The van der Waals surface area contributed by atoms with E-state index in [9.17, 15) is 0 Å². The highest BCUT2D eigenvalue weighted by Crippen LogP contribution is 2.19. The Hall–Kier alpha value is -1.85. The summed E-state index contributed by atoms with van der Waals surface area (Å²) in [7, 11) is 4.35. The number of benzene rings is 1. The largest absolute Gasteiger partial charge is 0.494 e. The third kappa shape index (κ3) is 4.82. The zero-order chi connectivity index (χ0) is 16.8. The van der Waals surface area contributed by atoms with Gasteiger partial charge >= 0.3 is 0 Å². The Morgan fingerprint density at radius 1 is 1.33 bits per heavy atom. The molecule has 2 heterocycles. The lowest BCUT2D eigenvalue weighted by atomic mass is 10.2. The summed E-state index contributed by atoms with van der Waals surface area (Å²) >= 11 is 0. The predicted octanol–water partition coefficient (Wildman–Crippen LogP) is 2.49. The maximum absolute atomic E-state index is 5.91. The lowest BCUT2D eigenvalue weighted by Crippen LogP contribution is -2.31. The molecule has 1 saturated heterocycles. The molecule has 0 spiro atoms. The Labute approximate surface area is 144 Å². The van der Waals surface area contributed by atoms with E-state index in [0.717, 1.165) is 38.4 Å². The number of nitrogens with zero attached hydrogens (tertiary/aromatic N) is 4. The molecule has 2 aromatic rings. The molecule has 1 fully saturated rings. The fourth-order valence-electron chi connectivity index (χ4n) is 3.23. The van der Waals surface area contributed by atoms with Crippen LogP contribution in [0.2, 0.25) is 0 Å².